The highest BCUT2D eigenvalue weighted by Gasteiger charge is 2.44. The lowest BCUT2D eigenvalue weighted by Gasteiger charge is -2.26. The van der Waals surface area contributed by atoms with Crippen molar-refractivity contribution >= 4 is 38.5 Å². The van der Waals surface area contributed by atoms with Crippen LogP contribution in [0.15, 0.2) is 74.3 Å². The van der Waals surface area contributed by atoms with Crippen molar-refractivity contribution in [3.63, 3.8) is 0 Å². The number of ether oxygens (including phenoxy) is 1. The molecule has 3 aromatic carbocycles. The second kappa shape index (κ2) is 7.53. The van der Waals surface area contributed by atoms with E-state index in [0.717, 1.165) is 10.0 Å². The second-order valence-corrected chi connectivity index (χ2v) is 8.58. The number of nitrogens with zero attached hydrogens (tertiary/aromatic N) is 1. The van der Waals surface area contributed by atoms with Crippen molar-refractivity contribution in [2.45, 2.75) is 13.0 Å². The molecule has 1 N–H and O–H groups in total. The number of methoxy groups -OCH3 is 1. The Hall–Kier alpha value is -3.58. The van der Waals surface area contributed by atoms with Gasteiger partial charge in [0.15, 0.2) is 16.9 Å². The van der Waals surface area contributed by atoms with Gasteiger partial charge in [-0.1, -0.05) is 34.1 Å². The standard InChI is InChI=1S/C25H18BrNO5/c1-13-4-3-5-16(10-13)27-22(14-6-8-18(28)20(11-14)31-2)21-23(29)17-12-15(26)7-9-19(17)32-24(21)25(27)30/h3-12,22,28H,1-2H3. The van der Waals surface area contributed by atoms with Crippen LogP contribution in [0, 0.1) is 6.92 Å². The first-order valence-corrected chi connectivity index (χ1v) is 10.7. The number of phenols is 1. The maximum atomic E-state index is 13.6. The Labute approximate surface area is 191 Å². The molecule has 0 aliphatic carbocycles. The Morgan fingerprint density at radius 3 is 2.62 bits per heavy atom. The molecular weight excluding hydrogens is 474 g/mol. The van der Waals surface area contributed by atoms with Crippen LogP contribution < -0.4 is 15.1 Å². The van der Waals surface area contributed by atoms with Crippen LogP contribution in [0.3, 0.4) is 0 Å². The number of fused-ring (bicyclic) bond motifs is 2. The van der Waals surface area contributed by atoms with E-state index in [0.29, 0.717) is 22.2 Å². The number of anilines is 1. The van der Waals surface area contributed by atoms with Crippen molar-refractivity contribution in [1.82, 2.24) is 0 Å². The van der Waals surface area contributed by atoms with E-state index in [2.05, 4.69) is 15.9 Å². The molecule has 2 heterocycles. The molecule has 1 unspecified atom stereocenters. The molecule has 0 saturated carbocycles. The van der Waals surface area contributed by atoms with Crippen LogP contribution >= 0.6 is 15.9 Å². The number of phenolic OH excluding ortho intramolecular Hbond substituents is 1. The first-order valence-electron chi connectivity index (χ1n) is 9.92. The first kappa shape index (κ1) is 20.3. The van der Waals surface area contributed by atoms with Crippen LogP contribution in [-0.4, -0.2) is 18.1 Å². The summed E-state index contributed by atoms with van der Waals surface area (Å²) in [5.41, 5.74) is 2.57. The summed E-state index contributed by atoms with van der Waals surface area (Å²) in [5.74, 6) is -0.161. The van der Waals surface area contributed by atoms with Gasteiger partial charge in [-0.15, -0.1) is 0 Å². The largest absolute Gasteiger partial charge is 0.504 e. The predicted molar refractivity (Wildman–Crippen MR) is 125 cm³/mol. The molecule has 0 saturated heterocycles. The summed E-state index contributed by atoms with van der Waals surface area (Å²) in [7, 11) is 1.45. The minimum atomic E-state index is -0.742. The van der Waals surface area contributed by atoms with Crippen molar-refractivity contribution < 1.29 is 19.1 Å². The summed E-state index contributed by atoms with van der Waals surface area (Å²) in [6.45, 7) is 1.94. The van der Waals surface area contributed by atoms with Crippen molar-refractivity contribution in [3.05, 3.63) is 97.8 Å². The van der Waals surface area contributed by atoms with Crippen molar-refractivity contribution in [3.8, 4) is 11.5 Å². The van der Waals surface area contributed by atoms with Crippen molar-refractivity contribution in [2.75, 3.05) is 12.0 Å². The third-order valence-corrected chi connectivity index (χ3v) is 6.12. The fraction of sp³-hybridized carbons (Fsp3) is 0.120. The van der Waals surface area contributed by atoms with E-state index in [1.807, 2.05) is 31.2 Å². The zero-order valence-corrected chi connectivity index (χ0v) is 18.8. The monoisotopic (exact) mass is 491 g/mol. The molecule has 7 heteroatoms. The molecule has 4 aromatic rings. The number of aromatic hydroxyl groups is 1. The van der Waals surface area contributed by atoms with Crippen LogP contribution in [0.1, 0.15) is 33.3 Å². The van der Waals surface area contributed by atoms with Gasteiger partial charge in [0, 0.05) is 10.2 Å². The van der Waals surface area contributed by atoms with Gasteiger partial charge in [0.1, 0.15) is 5.58 Å². The van der Waals surface area contributed by atoms with Gasteiger partial charge in [0.05, 0.1) is 24.1 Å². The predicted octanol–water partition coefficient (Wildman–Crippen LogP) is 5.33. The number of carbonyl (C=O) groups excluding carboxylic acids is 1. The van der Waals surface area contributed by atoms with E-state index in [1.54, 1.807) is 35.2 Å². The number of benzene rings is 3. The van der Waals surface area contributed by atoms with Gasteiger partial charge >= 0.3 is 0 Å². The lowest BCUT2D eigenvalue weighted by atomic mass is 9.97. The zero-order chi connectivity index (χ0) is 22.6. The van der Waals surface area contributed by atoms with Crippen LogP contribution in [0.5, 0.6) is 11.5 Å². The quantitative estimate of drug-likeness (QED) is 0.419. The Kier molecular flexibility index (Phi) is 4.78. The van der Waals surface area contributed by atoms with Crippen LogP contribution in [0.4, 0.5) is 5.69 Å². The molecule has 32 heavy (non-hydrogen) atoms. The van der Waals surface area contributed by atoms with Crippen LogP contribution in [-0.2, 0) is 0 Å². The van der Waals surface area contributed by atoms with E-state index in [4.69, 9.17) is 9.15 Å². The molecule has 5 rings (SSSR count). The molecule has 0 radical (unpaired) electrons. The van der Waals surface area contributed by atoms with Crippen molar-refractivity contribution in [1.29, 1.82) is 0 Å². The SMILES string of the molecule is COc1cc(C2c3c(oc4ccc(Br)cc4c3=O)C(=O)N2c2cccc(C)c2)ccc1O. The Bertz CT molecular complexity index is 1460. The summed E-state index contributed by atoms with van der Waals surface area (Å²) >= 11 is 3.40. The first-order chi connectivity index (χ1) is 15.4. The van der Waals surface area contributed by atoms with E-state index in [9.17, 15) is 14.7 Å². The number of hydrogen-bond donors (Lipinski definition) is 1. The van der Waals surface area contributed by atoms with Gasteiger partial charge in [-0.05, 0) is 60.5 Å². The molecule has 1 amide bonds. The summed E-state index contributed by atoms with van der Waals surface area (Å²) in [4.78, 5) is 28.8. The van der Waals surface area contributed by atoms with E-state index >= 15 is 0 Å². The number of hydrogen-bond acceptors (Lipinski definition) is 5. The van der Waals surface area contributed by atoms with Crippen LogP contribution in [0.25, 0.3) is 11.0 Å². The van der Waals surface area contributed by atoms with Gasteiger partial charge in [0.25, 0.3) is 5.91 Å². The third kappa shape index (κ3) is 3.08. The molecule has 0 fully saturated rings. The average molecular weight is 492 g/mol. The van der Waals surface area contributed by atoms with Crippen LogP contribution in [0.2, 0.25) is 0 Å². The van der Waals surface area contributed by atoms with Crippen molar-refractivity contribution in [2.24, 2.45) is 0 Å². The fourth-order valence-corrected chi connectivity index (χ4v) is 4.53. The maximum Gasteiger partial charge on any atom is 0.295 e. The summed E-state index contributed by atoms with van der Waals surface area (Å²) in [6.07, 6.45) is 0. The number of halogens is 1. The summed E-state index contributed by atoms with van der Waals surface area (Å²) < 4.78 is 12.0. The van der Waals surface area contributed by atoms with Gasteiger partial charge in [-0.2, -0.15) is 0 Å². The number of aryl methyl sites for hydroxylation is 1. The van der Waals surface area contributed by atoms with Gasteiger partial charge in [0.2, 0.25) is 5.76 Å². The molecular formula is C25H18BrNO5. The highest BCUT2D eigenvalue weighted by atomic mass is 79.9. The highest BCUT2D eigenvalue weighted by Crippen LogP contribution is 2.43. The second-order valence-electron chi connectivity index (χ2n) is 7.66. The van der Waals surface area contributed by atoms with E-state index in [1.165, 1.54) is 13.2 Å². The molecule has 1 aliphatic rings. The lowest BCUT2D eigenvalue weighted by molar-refractivity contribution is 0.0971. The lowest BCUT2D eigenvalue weighted by Crippen LogP contribution is -2.29. The zero-order valence-electron chi connectivity index (χ0n) is 17.3. The Morgan fingerprint density at radius 2 is 1.88 bits per heavy atom. The van der Waals surface area contributed by atoms with E-state index < -0.39 is 11.9 Å². The number of amides is 1. The average Bonchev–Trinajstić information content (AvgIpc) is 3.07. The maximum absolute atomic E-state index is 13.6. The molecule has 0 spiro atoms. The summed E-state index contributed by atoms with van der Waals surface area (Å²) in [5, 5.41) is 10.5. The number of rotatable bonds is 3. The normalized spacial score (nSPS) is 15.3. The number of carbonyl (C=O) groups is 1. The topological polar surface area (TPSA) is 80.0 Å². The molecule has 0 bridgehead atoms. The smallest absolute Gasteiger partial charge is 0.295 e. The summed E-state index contributed by atoms with van der Waals surface area (Å²) in [6, 6.07) is 16.7. The van der Waals surface area contributed by atoms with Gasteiger partial charge < -0.3 is 14.3 Å². The minimum Gasteiger partial charge on any atom is -0.504 e. The van der Waals surface area contributed by atoms with Gasteiger partial charge in [-0.3, -0.25) is 14.5 Å². The highest BCUT2D eigenvalue weighted by molar-refractivity contribution is 9.10. The third-order valence-electron chi connectivity index (χ3n) is 5.63. The molecule has 1 atom stereocenters. The fourth-order valence-electron chi connectivity index (χ4n) is 4.17. The molecule has 1 aliphatic heterocycles. The van der Waals surface area contributed by atoms with Gasteiger partial charge in [-0.25, -0.2) is 0 Å². The Balaban J connectivity index is 1.83. The van der Waals surface area contributed by atoms with E-state index in [-0.39, 0.29) is 28.3 Å². The molecule has 1 aromatic heterocycles. The molecule has 160 valence electrons. The Morgan fingerprint density at radius 1 is 1.06 bits per heavy atom. The molecule has 6 nitrogen and oxygen atoms in total. The minimum absolute atomic E-state index is 0.0170.